The molecule has 2 amide bonds. The van der Waals surface area contributed by atoms with Crippen LogP contribution in [0.1, 0.15) is 13.8 Å². The Bertz CT molecular complexity index is 363. The maximum absolute atomic E-state index is 11.1. The molecule has 76 valence electrons. The van der Waals surface area contributed by atoms with Gasteiger partial charge in [0.05, 0.1) is 17.8 Å². The van der Waals surface area contributed by atoms with Crippen LogP contribution in [-0.4, -0.2) is 27.2 Å². The molecular formula is C8H12N4O2. The summed E-state index contributed by atoms with van der Waals surface area (Å²) < 4.78 is 0. The SMILES string of the molecule is CC(C)NC(=O)N=c1ccn(O)nc1. The Kier molecular flexibility index (Phi) is 3.22. The Morgan fingerprint density at radius 2 is 2.43 bits per heavy atom. The largest absolute Gasteiger partial charge is 0.412 e. The van der Waals surface area contributed by atoms with E-state index in [0.717, 1.165) is 0 Å². The lowest BCUT2D eigenvalue weighted by Crippen LogP contribution is -2.29. The molecule has 1 aromatic rings. The minimum Gasteiger partial charge on any atom is -0.412 e. The maximum atomic E-state index is 11.1. The van der Waals surface area contributed by atoms with Gasteiger partial charge in [-0.3, -0.25) is 0 Å². The van der Waals surface area contributed by atoms with Gasteiger partial charge in [0.2, 0.25) is 0 Å². The van der Waals surface area contributed by atoms with Crippen molar-refractivity contribution in [1.82, 2.24) is 15.3 Å². The summed E-state index contributed by atoms with van der Waals surface area (Å²) in [5, 5.41) is 15.3. The monoisotopic (exact) mass is 196 g/mol. The molecule has 0 spiro atoms. The molecule has 0 unspecified atom stereocenters. The fraction of sp³-hybridized carbons (Fsp3) is 0.375. The van der Waals surface area contributed by atoms with Gasteiger partial charge in [-0.1, -0.05) is 0 Å². The third kappa shape index (κ3) is 3.26. The molecular weight excluding hydrogens is 184 g/mol. The highest BCUT2D eigenvalue weighted by atomic mass is 16.5. The van der Waals surface area contributed by atoms with Gasteiger partial charge in [-0.25, -0.2) is 4.79 Å². The smallest absolute Gasteiger partial charge is 0.341 e. The Labute approximate surface area is 80.9 Å². The predicted octanol–water partition coefficient (Wildman–Crippen LogP) is 0.139. The van der Waals surface area contributed by atoms with Crippen molar-refractivity contribution in [3.05, 3.63) is 23.8 Å². The lowest BCUT2D eigenvalue weighted by atomic mass is 10.4. The van der Waals surface area contributed by atoms with Crippen molar-refractivity contribution in [2.45, 2.75) is 19.9 Å². The van der Waals surface area contributed by atoms with Crippen molar-refractivity contribution in [3.8, 4) is 0 Å². The second-order valence-corrected chi connectivity index (χ2v) is 3.02. The first-order valence-corrected chi connectivity index (χ1v) is 4.17. The number of aromatic nitrogens is 2. The highest BCUT2D eigenvalue weighted by Gasteiger charge is 1.98. The number of urea groups is 1. The quantitative estimate of drug-likeness (QED) is 0.627. The van der Waals surface area contributed by atoms with Crippen molar-refractivity contribution in [3.63, 3.8) is 0 Å². The molecule has 0 bridgehead atoms. The van der Waals surface area contributed by atoms with Gasteiger partial charge < -0.3 is 10.5 Å². The van der Waals surface area contributed by atoms with Crippen LogP contribution in [0.25, 0.3) is 0 Å². The zero-order valence-corrected chi connectivity index (χ0v) is 8.01. The highest BCUT2D eigenvalue weighted by Crippen LogP contribution is 1.79. The first-order chi connectivity index (χ1) is 6.58. The Hall–Kier alpha value is -1.85. The first-order valence-electron chi connectivity index (χ1n) is 4.17. The summed E-state index contributed by atoms with van der Waals surface area (Å²) in [6.45, 7) is 3.69. The second-order valence-electron chi connectivity index (χ2n) is 3.02. The van der Waals surface area contributed by atoms with E-state index in [-0.39, 0.29) is 6.04 Å². The third-order valence-electron chi connectivity index (χ3n) is 1.33. The average Bonchev–Trinajstić information content (AvgIpc) is 2.07. The van der Waals surface area contributed by atoms with Gasteiger partial charge in [-0.2, -0.15) is 4.99 Å². The fourth-order valence-corrected chi connectivity index (χ4v) is 0.805. The number of hydrogen-bond donors (Lipinski definition) is 2. The summed E-state index contributed by atoms with van der Waals surface area (Å²) in [4.78, 5) is 15.5. The topological polar surface area (TPSA) is 79.5 Å². The van der Waals surface area contributed by atoms with Crippen molar-refractivity contribution < 1.29 is 10.0 Å². The van der Waals surface area contributed by atoms with Crippen LogP contribution in [0.4, 0.5) is 4.79 Å². The van der Waals surface area contributed by atoms with Gasteiger partial charge in [-0.15, -0.1) is 9.94 Å². The van der Waals surface area contributed by atoms with Gasteiger partial charge in [0.15, 0.2) is 0 Å². The van der Waals surface area contributed by atoms with Gasteiger partial charge >= 0.3 is 6.03 Å². The number of carbonyl (C=O) groups excluding carboxylic acids is 1. The van der Waals surface area contributed by atoms with E-state index < -0.39 is 6.03 Å². The van der Waals surface area contributed by atoms with Crippen molar-refractivity contribution in [2.24, 2.45) is 4.99 Å². The van der Waals surface area contributed by atoms with E-state index in [9.17, 15) is 4.79 Å². The Morgan fingerprint density at radius 1 is 1.71 bits per heavy atom. The molecule has 0 aliphatic heterocycles. The van der Waals surface area contributed by atoms with E-state index >= 15 is 0 Å². The molecule has 1 heterocycles. The van der Waals surface area contributed by atoms with E-state index in [1.807, 2.05) is 13.8 Å². The lowest BCUT2D eigenvalue weighted by Gasteiger charge is -2.02. The van der Waals surface area contributed by atoms with Crippen molar-refractivity contribution in [2.75, 3.05) is 0 Å². The molecule has 2 N–H and O–H groups in total. The fourth-order valence-electron chi connectivity index (χ4n) is 0.805. The van der Waals surface area contributed by atoms with Crippen LogP contribution in [-0.2, 0) is 0 Å². The summed E-state index contributed by atoms with van der Waals surface area (Å²) in [5.74, 6) is 0. The van der Waals surface area contributed by atoms with Crippen molar-refractivity contribution in [1.29, 1.82) is 0 Å². The molecule has 0 radical (unpaired) electrons. The summed E-state index contributed by atoms with van der Waals surface area (Å²) in [7, 11) is 0. The summed E-state index contributed by atoms with van der Waals surface area (Å²) in [6, 6.07) is 1.11. The van der Waals surface area contributed by atoms with E-state index in [4.69, 9.17) is 5.21 Å². The number of nitrogens with zero attached hydrogens (tertiary/aromatic N) is 3. The molecule has 0 saturated carbocycles. The van der Waals surface area contributed by atoms with Crippen molar-refractivity contribution >= 4 is 6.03 Å². The molecule has 0 saturated heterocycles. The number of hydrogen-bond acceptors (Lipinski definition) is 3. The van der Waals surface area contributed by atoms with Crippen LogP contribution < -0.4 is 10.7 Å². The van der Waals surface area contributed by atoms with E-state index in [1.54, 1.807) is 0 Å². The molecule has 0 atom stereocenters. The number of carbonyl (C=O) groups is 1. The van der Waals surface area contributed by atoms with Crippen LogP contribution >= 0.6 is 0 Å². The molecule has 1 aromatic heterocycles. The van der Waals surface area contributed by atoms with Gasteiger partial charge in [0.1, 0.15) is 0 Å². The van der Waals surface area contributed by atoms with Gasteiger partial charge in [0, 0.05) is 6.04 Å². The number of amides is 2. The van der Waals surface area contributed by atoms with E-state index in [0.29, 0.717) is 10.2 Å². The predicted molar refractivity (Wildman–Crippen MR) is 48.6 cm³/mol. The van der Waals surface area contributed by atoms with Crippen LogP contribution in [0.2, 0.25) is 0 Å². The summed E-state index contributed by atoms with van der Waals surface area (Å²) >= 11 is 0. The van der Waals surface area contributed by atoms with Crippen LogP contribution in [0.5, 0.6) is 0 Å². The number of rotatable bonds is 1. The number of nitrogens with one attached hydrogen (secondary N) is 1. The Balaban J connectivity index is 2.78. The molecule has 6 nitrogen and oxygen atoms in total. The average molecular weight is 196 g/mol. The minimum atomic E-state index is -0.419. The molecule has 6 heteroatoms. The summed E-state index contributed by atoms with van der Waals surface area (Å²) in [5.41, 5.74) is 0. The normalized spacial score (nSPS) is 11.8. The van der Waals surface area contributed by atoms with Gasteiger partial charge in [-0.05, 0) is 19.9 Å². The summed E-state index contributed by atoms with van der Waals surface area (Å²) in [6.07, 6.45) is 2.58. The standard InChI is InChI=1S/C8H12N4O2/c1-6(2)10-8(13)11-7-3-4-12(14)9-5-7/h3-6,14H,1-2H3,(H,10,13). The zero-order chi connectivity index (χ0) is 10.6. The third-order valence-corrected chi connectivity index (χ3v) is 1.33. The highest BCUT2D eigenvalue weighted by molar-refractivity contribution is 5.75. The van der Waals surface area contributed by atoms with Crippen LogP contribution in [0.15, 0.2) is 23.5 Å². The maximum Gasteiger partial charge on any atom is 0.341 e. The second kappa shape index (κ2) is 4.40. The minimum absolute atomic E-state index is 0.0469. The zero-order valence-electron chi connectivity index (χ0n) is 8.01. The molecule has 0 aliphatic rings. The molecule has 0 aromatic carbocycles. The first kappa shape index (κ1) is 10.2. The lowest BCUT2D eigenvalue weighted by molar-refractivity contribution is 0.143. The van der Waals surface area contributed by atoms with E-state index in [2.05, 4.69) is 15.4 Å². The molecule has 1 rings (SSSR count). The molecule has 14 heavy (non-hydrogen) atoms. The van der Waals surface area contributed by atoms with Crippen LogP contribution in [0, 0.1) is 0 Å². The van der Waals surface area contributed by atoms with Crippen LogP contribution in [0.3, 0.4) is 0 Å². The van der Waals surface area contributed by atoms with Gasteiger partial charge in [0.25, 0.3) is 0 Å². The van der Waals surface area contributed by atoms with E-state index in [1.165, 1.54) is 18.5 Å². The Morgan fingerprint density at radius 3 is 2.93 bits per heavy atom. The molecule has 0 fully saturated rings. The molecule has 0 aliphatic carbocycles.